The van der Waals surface area contributed by atoms with Crippen molar-refractivity contribution in [2.75, 3.05) is 0 Å². The van der Waals surface area contributed by atoms with E-state index in [1.807, 2.05) is 19.9 Å². The lowest BCUT2D eigenvalue weighted by Gasteiger charge is -2.24. The molecule has 0 fully saturated rings. The highest BCUT2D eigenvalue weighted by atomic mass is 16.2. The first-order chi connectivity index (χ1) is 25.7. The average molecular weight is 702 g/mol. The summed E-state index contributed by atoms with van der Waals surface area (Å²) in [6, 6.07) is 35.0. The van der Waals surface area contributed by atoms with E-state index < -0.39 is 0 Å². The van der Waals surface area contributed by atoms with Crippen molar-refractivity contribution in [3.63, 3.8) is 0 Å². The highest BCUT2D eigenvalue weighted by Crippen LogP contribution is 2.54. The van der Waals surface area contributed by atoms with Gasteiger partial charge in [-0.25, -0.2) is 4.57 Å². The summed E-state index contributed by atoms with van der Waals surface area (Å²) >= 11 is 0. The van der Waals surface area contributed by atoms with E-state index in [2.05, 4.69) is 139 Å². The Hall–Kier alpha value is -5.80. The molecule has 10 aromatic rings. The van der Waals surface area contributed by atoms with Gasteiger partial charge in [0.05, 0.1) is 16.5 Å². The van der Waals surface area contributed by atoms with Gasteiger partial charge < -0.3 is 0 Å². The summed E-state index contributed by atoms with van der Waals surface area (Å²) in [5.41, 5.74) is 9.94. The van der Waals surface area contributed by atoms with Crippen molar-refractivity contribution in [3.8, 4) is 27.9 Å². The van der Waals surface area contributed by atoms with Crippen LogP contribution in [0.15, 0.2) is 107 Å². The van der Waals surface area contributed by atoms with E-state index in [0.717, 1.165) is 60.5 Å². The van der Waals surface area contributed by atoms with Gasteiger partial charge in [0, 0.05) is 0 Å². The summed E-state index contributed by atoms with van der Waals surface area (Å²) in [6.07, 6.45) is 0. The van der Waals surface area contributed by atoms with Crippen molar-refractivity contribution in [1.29, 1.82) is 0 Å². The quantitative estimate of drug-likeness (QED) is 0.172. The van der Waals surface area contributed by atoms with Gasteiger partial charge in [0.25, 0.3) is 11.1 Å². The largest absolute Gasteiger partial charge is 0.268 e. The first-order valence-corrected chi connectivity index (χ1v) is 19.1. The van der Waals surface area contributed by atoms with E-state index in [1.54, 1.807) is 0 Å². The van der Waals surface area contributed by atoms with Gasteiger partial charge in [-0.05, 0) is 154 Å². The third-order valence-electron chi connectivity index (χ3n) is 12.3. The van der Waals surface area contributed by atoms with Gasteiger partial charge in [-0.15, -0.1) is 0 Å². The molecule has 0 saturated heterocycles. The van der Waals surface area contributed by atoms with Crippen LogP contribution in [0.5, 0.6) is 0 Å². The van der Waals surface area contributed by atoms with E-state index in [-0.39, 0.29) is 21.9 Å². The predicted octanol–water partition coefficient (Wildman–Crippen LogP) is 12.7. The molecular formula is C51H43NO2. The maximum Gasteiger partial charge on any atom is 0.266 e. The van der Waals surface area contributed by atoms with Crippen molar-refractivity contribution in [2.24, 2.45) is 0 Å². The molecule has 0 aliphatic heterocycles. The fourth-order valence-corrected chi connectivity index (χ4v) is 9.85. The van der Waals surface area contributed by atoms with Crippen LogP contribution in [0.25, 0.3) is 92.6 Å². The van der Waals surface area contributed by atoms with Crippen LogP contribution in [0.1, 0.15) is 69.4 Å². The molecule has 9 aromatic carbocycles. The fraction of sp³-hybridized carbons (Fsp3) is 0.216. The van der Waals surface area contributed by atoms with E-state index in [0.29, 0.717) is 16.5 Å². The molecule has 3 heteroatoms. The smallest absolute Gasteiger partial charge is 0.266 e. The van der Waals surface area contributed by atoms with Crippen LogP contribution in [-0.2, 0) is 10.8 Å². The molecule has 0 amide bonds. The zero-order valence-corrected chi connectivity index (χ0v) is 32.5. The highest BCUT2D eigenvalue weighted by Gasteiger charge is 2.31. The van der Waals surface area contributed by atoms with Gasteiger partial charge in [0.2, 0.25) is 0 Å². The van der Waals surface area contributed by atoms with Gasteiger partial charge in [-0.1, -0.05) is 120 Å². The minimum atomic E-state index is -0.251. The van der Waals surface area contributed by atoms with E-state index in [4.69, 9.17) is 0 Å². The maximum absolute atomic E-state index is 15.2. The molecule has 3 nitrogen and oxygen atoms in total. The third kappa shape index (κ3) is 4.18. The Kier molecular flexibility index (Phi) is 6.48. The number of hydrogen-bond acceptors (Lipinski definition) is 2. The van der Waals surface area contributed by atoms with Crippen LogP contribution in [0, 0.1) is 20.8 Å². The second-order valence-corrected chi connectivity index (χ2v) is 17.8. The molecule has 0 spiro atoms. The highest BCUT2D eigenvalue weighted by molar-refractivity contribution is 6.50. The molecule has 54 heavy (non-hydrogen) atoms. The second-order valence-electron chi connectivity index (χ2n) is 17.8. The molecule has 264 valence electrons. The standard InChI is InChI=1S/C51H43NO2/c1-26-22-27(2)28(3)40(23-26)52-48(53)46-36-24-34(30-14-10-12-16-38(30)50(4,5)6)32-20-18-29-19-21-33-35(31-15-11-13-17-39(31)51(7,8)9)25-37(47(46)49(52)54)45-43(33)41(29)42(32)44(36)45/h10-25H,1-9H3. The van der Waals surface area contributed by atoms with E-state index in [9.17, 15) is 0 Å². The molecule has 0 N–H and O–H groups in total. The van der Waals surface area contributed by atoms with Crippen LogP contribution in [0.2, 0.25) is 0 Å². The molecule has 0 radical (unpaired) electrons. The Bertz CT molecular complexity index is 3110. The van der Waals surface area contributed by atoms with Gasteiger partial charge in [-0.2, -0.15) is 0 Å². The topological polar surface area (TPSA) is 39.1 Å². The third-order valence-corrected chi connectivity index (χ3v) is 12.3. The van der Waals surface area contributed by atoms with Crippen LogP contribution in [0.4, 0.5) is 0 Å². The van der Waals surface area contributed by atoms with Crippen molar-refractivity contribution in [1.82, 2.24) is 4.57 Å². The molecular weight excluding hydrogens is 659 g/mol. The van der Waals surface area contributed by atoms with Crippen molar-refractivity contribution in [2.45, 2.75) is 73.1 Å². The number of fused-ring (bicyclic) bond motifs is 3. The molecule has 10 rings (SSSR count). The average Bonchev–Trinajstić information content (AvgIpc) is 3.63. The minimum absolute atomic E-state index is 0.116. The first-order valence-electron chi connectivity index (χ1n) is 19.1. The summed E-state index contributed by atoms with van der Waals surface area (Å²) < 4.78 is 1.47. The number of aromatic nitrogens is 1. The number of nitrogens with zero attached hydrogens (tertiary/aromatic N) is 1. The molecule has 0 saturated carbocycles. The number of aryl methyl sites for hydroxylation is 2. The van der Waals surface area contributed by atoms with Gasteiger partial charge in [0.15, 0.2) is 0 Å². The first kappa shape index (κ1) is 32.8. The minimum Gasteiger partial charge on any atom is -0.268 e. The predicted molar refractivity (Wildman–Crippen MR) is 231 cm³/mol. The Morgan fingerprint density at radius 1 is 0.444 bits per heavy atom. The molecule has 0 aliphatic carbocycles. The summed E-state index contributed by atoms with van der Waals surface area (Å²) in [4.78, 5) is 30.5. The maximum atomic E-state index is 15.2. The molecule has 1 heterocycles. The van der Waals surface area contributed by atoms with Gasteiger partial charge >= 0.3 is 0 Å². The number of benzene rings is 8. The zero-order valence-electron chi connectivity index (χ0n) is 32.5. The van der Waals surface area contributed by atoms with Crippen molar-refractivity contribution < 1.29 is 0 Å². The SMILES string of the molecule is Cc1cc(C)c(C)c(-n2c(=O)c3c4cc(-c5ccccc5C(C)(C)C)c5ccc6ccc7c(-c8ccccc8C(C)(C)C)cc(c3c2=O)c2c7c6c5c42)c1. The second kappa shape index (κ2) is 10.7. The zero-order chi connectivity index (χ0) is 37.7. The van der Waals surface area contributed by atoms with Crippen LogP contribution >= 0.6 is 0 Å². The lowest BCUT2D eigenvalue weighted by molar-refractivity contribution is 0.592. The van der Waals surface area contributed by atoms with E-state index in [1.165, 1.54) is 48.0 Å². The Balaban J connectivity index is 1.51. The van der Waals surface area contributed by atoms with Crippen molar-refractivity contribution >= 4 is 64.6 Å². The summed E-state index contributed by atoms with van der Waals surface area (Å²) in [6.45, 7) is 19.6. The Morgan fingerprint density at radius 3 is 1.35 bits per heavy atom. The normalized spacial score (nSPS) is 13.1. The Morgan fingerprint density at radius 2 is 0.889 bits per heavy atom. The van der Waals surface area contributed by atoms with E-state index >= 15 is 9.59 Å². The van der Waals surface area contributed by atoms with Crippen LogP contribution in [-0.4, -0.2) is 4.57 Å². The van der Waals surface area contributed by atoms with Gasteiger partial charge in [0.1, 0.15) is 0 Å². The van der Waals surface area contributed by atoms with Crippen LogP contribution in [0.3, 0.4) is 0 Å². The number of hydrogen-bond donors (Lipinski definition) is 0. The monoisotopic (exact) mass is 701 g/mol. The molecule has 0 unspecified atom stereocenters. The summed E-state index contributed by atoms with van der Waals surface area (Å²) in [5, 5.41) is 12.0. The van der Waals surface area contributed by atoms with Crippen LogP contribution < -0.4 is 11.1 Å². The fourth-order valence-electron chi connectivity index (χ4n) is 9.85. The Labute approximate surface area is 314 Å². The molecule has 0 bridgehead atoms. The molecule has 1 aromatic heterocycles. The summed E-state index contributed by atoms with van der Waals surface area (Å²) in [7, 11) is 0. The van der Waals surface area contributed by atoms with Crippen molar-refractivity contribution in [3.05, 3.63) is 146 Å². The number of rotatable bonds is 3. The lowest BCUT2D eigenvalue weighted by Crippen LogP contribution is -2.24. The lowest BCUT2D eigenvalue weighted by atomic mass is 9.80. The summed E-state index contributed by atoms with van der Waals surface area (Å²) in [5.74, 6) is 0. The molecule has 0 atom stereocenters. The molecule has 0 aliphatic rings. The van der Waals surface area contributed by atoms with Gasteiger partial charge in [-0.3, -0.25) is 9.59 Å².